The van der Waals surface area contributed by atoms with Gasteiger partial charge in [-0.15, -0.1) is 22.0 Å². The van der Waals surface area contributed by atoms with Crippen molar-refractivity contribution in [2.24, 2.45) is 0 Å². The Kier molecular flexibility index (Phi) is 5.13. The third-order valence-electron chi connectivity index (χ3n) is 2.54. The van der Waals surface area contributed by atoms with E-state index in [0.717, 1.165) is 29.0 Å². The predicted octanol–water partition coefficient (Wildman–Crippen LogP) is 3.49. The van der Waals surface area contributed by atoms with Gasteiger partial charge in [-0.3, -0.25) is 0 Å². The van der Waals surface area contributed by atoms with E-state index in [-0.39, 0.29) is 0 Å². The highest BCUT2D eigenvalue weighted by atomic mass is 32.2. The van der Waals surface area contributed by atoms with Crippen LogP contribution in [0.25, 0.3) is 0 Å². The molecule has 0 N–H and O–H groups in total. The lowest BCUT2D eigenvalue weighted by Gasteiger charge is -2.04. The quantitative estimate of drug-likeness (QED) is 0.598. The van der Waals surface area contributed by atoms with Gasteiger partial charge in [-0.1, -0.05) is 30.0 Å². The minimum absolute atomic E-state index is 0.937. The minimum Gasteiger partial charge on any atom is -0.307 e. The highest BCUT2D eigenvalue weighted by Gasteiger charge is 2.06. The van der Waals surface area contributed by atoms with Crippen molar-refractivity contribution in [3.63, 3.8) is 0 Å². The maximum atomic E-state index is 4.20. The topological polar surface area (TPSA) is 30.7 Å². The lowest BCUT2D eigenvalue weighted by Crippen LogP contribution is -1.99. The summed E-state index contributed by atoms with van der Waals surface area (Å²) in [4.78, 5) is 1.33. The van der Waals surface area contributed by atoms with Crippen LogP contribution in [0.1, 0.15) is 12.7 Å². The predicted molar refractivity (Wildman–Crippen MR) is 78.3 cm³/mol. The Balaban J connectivity index is 1.78. The number of nitrogens with zero attached hydrogens (tertiary/aromatic N) is 3. The van der Waals surface area contributed by atoms with Gasteiger partial charge in [0.25, 0.3) is 0 Å². The molecule has 3 nitrogen and oxygen atoms in total. The summed E-state index contributed by atoms with van der Waals surface area (Å²) in [5.41, 5.74) is 0. The van der Waals surface area contributed by atoms with Gasteiger partial charge in [-0.25, -0.2) is 0 Å². The van der Waals surface area contributed by atoms with Crippen LogP contribution in [0.15, 0.2) is 40.4 Å². The average Bonchev–Trinajstić information content (AvgIpc) is 2.76. The number of hydrogen-bond donors (Lipinski definition) is 0. The molecule has 1 aromatic carbocycles. The normalized spacial score (nSPS) is 10.8. The van der Waals surface area contributed by atoms with Crippen molar-refractivity contribution >= 4 is 23.5 Å². The van der Waals surface area contributed by atoms with Crippen LogP contribution in [0.4, 0.5) is 0 Å². The molecule has 0 saturated heterocycles. The summed E-state index contributed by atoms with van der Waals surface area (Å²) in [5.74, 6) is 3.14. The molecule has 0 saturated carbocycles. The molecule has 1 aromatic heterocycles. The molecule has 0 unspecified atom stereocenters. The van der Waals surface area contributed by atoms with Gasteiger partial charge in [0.05, 0.1) is 0 Å². The second-order valence-electron chi connectivity index (χ2n) is 3.78. The Labute approximate surface area is 116 Å². The van der Waals surface area contributed by atoms with Gasteiger partial charge in [0.1, 0.15) is 5.82 Å². The van der Waals surface area contributed by atoms with Crippen LogP contribution >= 0.6 is 23.5 Å². The fraction of sp³-hybridized carbons (Fsp3) is 0.385. The van der Waals surface area contributed by atoms with E-state index in [0.29, 0.717) is 0 Å². The number of hydrogen-bond acceptors (Lipinski definition) is 4. The van der Waals surface area contributed by atoms with Gasteiger partial charge < -0.3 is 4.57 Å². The van der Waals surface area contributed by atoms with Crippen molar-refractivity contribution in [3.8, 4) is 0 Å². The number of benzene rings is 1. The van der Waals surface area contributed by atoms with Crippen molar-refractivity contribution in [2.45, 2.75) is 30.4 Å². The monoisotopic (exact) mass is 279 g/mol. The molecule has 2 aromatic rings. The van der Waals surface area contributed by atoms with Crippen LogP contribution in [0.3, 0.4) is 0 Å². The Hall–Kier alpha value is -0.940. The molecule has 5 heteroatoms. The number of thioether (sulfide) groups is 2. The molecule has 0 amide bonds. The van der Waals surface area contributed by atoms with E-state index < -0.39 is 0 Å². The Morgan fingerprint density at radius 3 is 2.50 bits per heavy atom. The van der Waals surface area contributed by atoms with Gasteiger partial charge >= 0.3 is 0 Å². The zero-order valence-corrected chi connectivity index (χ0v) is 12.3. The molecule has 0 fully saturated rings. The molecule has 2 rings (SSSR count). The first-order valence-corrected chi connectivity index (χ1v) is 7.99. The minimum atomic E-state index is 0.937. The van der Waals surface area contributed by atoms with Crippen LogP contribution in [-0.2, 0) is 6.54 Å². The highest BCUT2D eigenvalue weighted by Crippen LogP contribution is 2.22. The fourth-order valence-corrected chi connectivity index (χ4v) is 3.59. The number of rotatable bonds is 6. The van der Waals surface area contributed by atoms with Crippen LogP contribution in [-0.4, -0.2) is 26.3 Å². The van der Waals surface area contributed by atoms with Crippen LogP contribution in [0.5, 0.6) is 0 Å². The maximum absolute atomic E-state index is 4.20. The van der Waals surface area contributed by atoms with E-state index >= 15 is 0 Å². The zero-order valence-electron chi connectivity index (χ0n) is 10.7. The smallest absolute Gasteiger partial charge is 0.191 e. The third-order valence-corrected chi connectivity index (χ3v) is 4.79. The summed E-state index contributed by atoms with van der Waals surface area (Å²) in [6.07, 6.45) is 0. The first kappa shape index (κ1) is 13.5. The molecular weight excluding hydrogens is 262 g/mol. The lowest BCUT2D eigenvalue weighted by atomic mass is 10.4. The van der Waals surface area contributed by atoms with Gasteiger partial charge in [-0.05, 0) is 26.0 Å². The Morgan fingerprint density at radius 2 is 1.78 bits per heavy atom. The van der Waals surface area contributed by atoms with Gasteiger partial charge in [0.15, 0.2) is 5.16 Å². The second-order valence-corrected chi connectivity index (χ2v) is 6.01. The third kappa shape index (κ3) is 3.53. The summed E-state index contributed by atoms with van der Waals surface area (Å²) < 4.78 is 2.15. The molecule has 96 valence electrons. The van der Waals surface area contributed by atoms with Crippen LogP contribution in [0.2, 0.25) is 0 Å². The van der Waals surface area contributed by atoms with Crippen molar-refractivity contribution < 1.29 is 0 Å². The molecule has 0 aliphatic carbocycles. The molecule has 0 bridgehead atoms. The summed E-state index contributed by atoms with van der Waals surface area (Å²) in [6, 6.07) is 10.5. The SMILES string of the molecule is CCn1c(C)nnc1SCCSc1ccccc1. The molecule has 0 spiro atoms. The Morgan fingerprint density at radius 1 is 1.06 bits per heavy atom. The first-order chi connectivity index (χ1) is 8.81. The maximum Gasteiger partial charge on any atom is 0.191 e. The van der Waals surface area contributed by atoms with Crippen molar-refractivity contribution in [1.29, 1.82) is 0 Å². The van der Waals surface area contributed by atoms with E-state index in [1.165, 1.54) is 4.90 Å². The molecule has 1 heterocycles. The van der Waals surface area contributed by atoms with E-state index in [1.54, 1.807) is 11.8 Å². The average molecular weight is 279 g/mol. The van der Waals surface area contributed by atoms with Crippen LogP contribution in [0, 0.1) is 6.92 Å². The van der Waals surface area contributed by atoms with Crippen LogP contribution < -0.4 is 0 Å². The van der Waals surface area contributed by atoms with Gasteiger partial charge in [0.2, 0.25) is 0 Å². The standard InChI is InChI=1S/C13H17N3S2/c1-3-16-11(2)14-15-13(16)18-10-9-17-12-7-5-4-6-8-12/h4-8H,3,9-10H2,1-2H3. The number of aromatic nitrogens is 3. The van der Waals surface area contributed by atoms with Gasteiger partial charge in [0, 0.05) is 22.9 Å². The van der Waals surface area contributed by atoms with Crippen molar-refractivity contribution in [2.75, 3.05) is 11.5 Å². The second kappa shape index (κ2) is 6.85. The van der Waals surface area contributed by atoms with Gasteiger partial charge in [-0.2, -0.15) is 0 Å². The highest BCUT2D eigenvalue weighted by molar-refractivity contribution is 8.02. The summed E-state index contributed by atoms with van der Waals surface area (Å²) in [5, 5.41) is 9.34. The first-order valence-electron chi connectivity index (χ1n) is 6.01. The van der Waals surface area contributed by atoms with E-state index in [9.17, 15) is 0 Å². The van der Waals surface area contributed by atoms with Crippen molar-refractivity contribution in [3.05, 3.63) is 36.2 Å². The molecule has 18 heavy (non-hydrogen) atoms. The van der Waals surface area contributed by atoms with E-state index in [1.807, 2.05) is 24.8 Å². The lowest BCUT2D eigenvalue weighted by molar-refractivity contribution is 0.662. The largest absolute Gasteiger partial charge is 0.307 e. The molecule has 0 atom stereocenters. The summed E-state index contributed by atoms with van der Waals surface area (Å²) in [6.45, 7) is 5.06. The molecule has 0 aliphatic heterocycles. The fourth-order valence-electron chi connectivity index (χ4n) is 1.64. The molecule has 0 aliphatic rings. The van der Waals surface area contributed by atoms with Crippen molar-refractivity contribution in [1.82, 2.24) is 14.8 Å². The van der Waals surface area contributed by atoms with E-state index in [2.05, 4.69) is 46.0 Å². The van der Waals surface area contributed by atoms with E-state index in [4.69, 9.17) is 0 Å². The molecule has 0 radical (unpaired) electrons. The zero-order chi connectivity index (χ0) is 12.8. The Bertz CT molecular complexity index is 482. The summed E-state index contributed by atoms with van der Waals surface area (Å²) in [7, 11) is 0. The molecular formula is C13H17N3S2. The summed E-state index contributed by atoms with van der Waals surface area (Å²) >= 11 is 3.66. The number of aryl methyl sites for hydroxylation is 1.